The van der Waals surface area contributed by atoms with Gasteiger partial charge in [-0.2, -0.15) is 31.6 Å². The lowest BCUT2D eigenvalue weighted by Gasteiger charge is -2.20. The summed E-state index contributed by atoms with van der Waals surface area (Å²) in [4.78, 5) is 24.7. The number of aromatic nitrogens is 2. The summed E-state index contributed by atoms with van der Waals surface area (Å²) < 4.78 is 0. The van der Waals surface area contributed by atoms with Crippen LogP contribution in [0.2, 0.25) is 0 Å². The molecule has 0 atom stereocenters. The number of allylic oxidation sites excluding steroid dienone is 15. The van der Waals surface area contributed by atoms with E-state index in [-0.39, 0.29) is 123 Å². The van der Waals surface area contributed by atoms with E-state index in [4.69, 9.17) is 26.3 Å². The van der Waals surface area contributed by atoms with Crippen molar-refractivity contribution in [3.05, 3.63) is 288 Å². The van der Waals surface area contributed by atoms with Crippen molar-refractivity contribution >= 4 is 39.4 Å². The molecule has 0 spiro atoms. The van der Waals surface area contributed by atoms with Crippen LogP contribution >= 0.6 is 0 Å². The summed E-state index contributed by atoms with van der Waals surface area (Å²) in [5.74, 6) is 0. The number of rotatable bonds is 8. The highest BCUT2D eigenvalue weighted by atomic mass is 14.8. The fourth-order valence-electron chi connectivity index (χ4n) is 7.89. The topological polar surface area (TPSA) is 186 Å². The number of hydrogen-bond donors (Lipinski definition) is 0. The fourth-order valence-corrected chi connectivity index (χ4v) is 7.89. The average molecular weight is 891 g/mol. The predicted molar refractivity (Wildman–Crippen MR) is 263 cm³/mol. The minimum Gasteiger partial charge on any atom is -0.258 e. The Bertz CT molecular complexity index is 3810. The molecule has 2 aliphatic rings. The second-order valence-corrected chi connectivity index (χ2v) is 14.9. The Morgan fingerprint density at radius 3 is 1.69 bits per heavy atom. The molecule has 0 radical (unpaired) electrons. The Balaban J connectivity index is 1.88. The van der Waals surface area contributed by atoms with Crippen LogP contribution < -0.4 is 0 Å². The van der Waals surface area contributed by atoms with Crippen LogP contribution in [0.4, 0.5) is 11.4 Å². The van der Waals surface area contributed by atoms with Crippen molar-refractivity contribution in [2.45, 2.75) is 0 Å². The predicted octanol–water partition coefficient (Wildman–Crippen LogP) is 12.6. The van der Waals surface area contributed by atoms with Gasteiger partial charge >= 0.3 is 0 Å². The van der Waals surface area contributed by atoms with E-state index in [0.29, 0.717) is 11.1 Å². The molecule has 0 saturated heterocycles. The summed E-state index contributed by atoms with van der Waals surface area (Å²) in [7, 11) is 0. The molecule has 2 aliphatic carbocycles. The number of benzene rings is 3. The molecule has 3 aromatic carbocycles. The molecule has 5 aromatic rings. The molecule has 0 aliphatic heterocycles. The Labute approximate surface area is 403 Å². The van der Waals surface area contributed by atoms with Gasteiger partial charge in [0.05, 0.1) is 95.9 Å². The van der Waals surface area contributed by atoms with Crippen molar-refractivity contribution < 1.29 is 0 Å². The van der Waals surface area contributed by atoms with Gasteiger partial charge in [0.25, 0.3) is 0 Å². The van der Waals surface area contributed by atoms with Crippen LogP contribution in [0, 0.1) is 94.3 Å². The van der Waals surface area contributed by atoms with Gasteiger partial charge in [-0.25, -0.2) is 19.4 Å². The second-order valence-electron chi connectivity index (χ2n) is 14.9. The number of nitrogens with zero attached hydrogens (tertiary/aromatic N) is 12. The van der Waals surface area contributed by atoms with Gasteiger partial charge in [0.1, 0.15) is 6.07 Å². The Hall–Kier alpha value is -11.7. The van der Waals surface area contributed by atoms with Crippen molar-refractivity contribution in [2.24, 2.45) is 0 Å². The molecule has 0 N–H and O–H groups in total. The first-order valence-electron chi connectivity index (χ1n) is 20.5. The minimum absolute atomic E-state index is 0.0438. The van der Waals surface area contributed by atoms with Crippen LogP contribution in [-0.2, 0) is 0 Å². The van der Waals surface area contributed by atoms with Crippen molar-refractivity contribution in [1.29, 1.82) is 31.6 Å². The van der Waals surface area contributed by atoms with E-state index in [2.05, 4.69) is 72.9 Å². The molecule has 2 aromatic heterocycles. The molecule has 12 nitrogen and oxygen atoms in total. The molecule has 12 heteroatoms. The summed E-state index contributed by atoms with van der Waals surface area (Å²) in [6, 6.07) is 37.8. The van der Waals surface area contributed by atoms with Crippen LogP contribution in [0.1, 0.15) is 44.8 Å². The summed E-state index contributed by atoms with van der Waals surface area (Å²) in [5.41, 5.74) is 2.65. The second kappa shape index (κ2) is 20.4. The zero-order chi connectivity index (χ0) is 49.9. The Kier molecular flexibility index (Phi) is 13.5. The molecule has 7 rings (SSSR count). The highest BCUT2D eigenvalue weighted by Crippen LogP contribution is 2.55. The number of pyridine rings is 2. The van der Waals surface area contributed by atoms with E-state index in [1.54, 1.807) is 66.7 Å². The third-order valence-electron chi connectivity index (χ3n) is 10.9. The lowest BCUT2D eigenvalue weighted by atomic mass is 9.82. The standard InChI is InChI=1S/C58H26N12/c1-35(29-59)13-14-36(2)46-26-43(33-63)52(50-11-7-9-19-69-50)48(57(67-5)42-22-38(31-61)21-39(23-42)32-62)28-47(40-17-15-37(30-60)16-18-40)55-53(46)54(56(58(55)68-6)51-12-8-10-20-70-51)49(34-64)41-24-44(65-3)27-45(25-41)66-4/h7-28H,1-2H2/b14-13-,46-26+,47-28+,52-43-,54-49-,57-48+. The maximum absolute atomic E-state index is 11.5. The normalized spacial score (nSPS) is 16.8. The Morgan fingerprint density at radius 2 is 1.19 bits per heavy atom. The molecule has 0 amide bonds. The lowest BCUT2D eigenvalue weighted by Crippen LogP contribution is -2.03. The summed E-state index contributed by atoms with van der Waals surface area (Å²) in [6.07, 6.45) is 9.01. The van der Waals surface area contributed by atoms with Crippen molar-refractivity contribution in [3.63, 3.8) is 0 Å². The maximum atomic E-state index is 11.5. The van der Waals surface area contributed by atoms with E-state index >= 15 is 0 Å². The van der Waals surface area contributed by atoms with Crippen LogP contribution in [0.15, 0.2) is 197 Å². The molecular weight excluding hydrogens is 865 g/mol. The third kappa shape index (κ3) is 8.86. The van der Waals surface area contributed by atoms with Gasteiger partial charge in [0.15, 0.2) is 11.4 Å². The molecule has 0 fully saturated rings. The van der Waals surface area contributed by atoms with E-state index in [0.717, 1.165) is 0 Å². The minimum atomic E-state index is -0.122. The first kappa shape index (κ1) is 46.3. The van der Waals surface area contributed by atoms with E-state index in [1.165, 1.54) is 67.0 Å². The van der Waals surface area contributed by atoms with Crippen LogP contribution in [0.5, 0.6) is 0 Å². The fraction of sp³-hybridized carbons (Fsp3) is 0. The van der Waals surface area contributed by atoms with Gasteiger partial charge in [0.2, 0.25) is 11.4 Å². The first-order chi connectivity index (χ1) is 34.1. The first-order valence-corrected chi connectivity index (χ1v) is 20.5. The molecule has 0 bridgehead atoms. The number of nitriles is 6. The van der Waals surface area contributed by atoms with Crippen LogP contribution in [0.3, 0.4) is 0 Å². The highest BCUT2D eigenvalue weighted by Gasteiger charge is 2.39. The van der Waals surface area contributed by atoms with Gasteiger partial charge in [-0.15, -0.1) is 0 Å². The molecule has 70 heavy (non-hydrogen) atoms. The van der Waals surface area contributed by atoms with Gasteiger partial charge < -0.3 is 0 Å². The van der Waals surface area contributed by atoms with Gasteiger partial charge in [-0.3, -0.25) is 9.97 Å². The zero-order valence-corrected chi connectivity index (χ0v) is 36.5. The lowest BCUT2D eigenvalue weighted by molar-refractivity contribution is 1.26. The zero-order valence-electron chi connectivity index (χ0n) is 36.5. The largest absolute Gasteiger partial charge is 0.258 e. The van der Waals surface area contributed by atoms with E-state index in [1.807, 2.05) is 6.07 Å². The number of hydrogen-bond acceptors (Lipinski definition) is 8. The summed E-state index contributed by atoms with van der Waals surface area (Å²) in [5, 5.41) is 62.9. The molecule has 2 heterocycles. The SMILES string of the molecule is [C-]#[N+]C1=C(c2ccccn2)/C(=C(/C#N)c2cc([N+]#[C-])cc([N+]#[C-])c2)C2=C1/C(c1ccc(C#N)cc1)=C/C(=C(\[N+]#[C-])c1cc(C#N)cc(C#N)c1)C(/c1ccccn1)=C(C#N)\C=C\2C(=C)/C=C\C(=C)C#N. The average Bonchev–Trinajstić information content (AvgIpc) is 3.76. The Morgan fingerprint density at radius 1 is 0.571 bits per heavy atom. The molecule has 0 saturated carbocycles. The van der Waals surface area contributed by atoms with Crippen molar-refractivity contribution in [1.82, 2.24) is 9.97 Å². The van der Waals surface area contributed by atoms with Gasteiger partial charge in [0, 0.05) is 29.1 Å². The van der Waals surface area contributed by atoms with Crippen LogP contribution in [0.25, 0.3) is 47.4 Å². The van der Waals surface area contributed by atoms with Crippen molar-refractivity contribution in [2.75, 3.05) is 0 Å². The smallest absolute Gasteiger partial charge is 0.205 e. The molecule has 0 unspecified atom stereocenters. The van der Waals surface area contributed by atoms with Crippen LogP contribution in [-0.4, -0.2) is 9.97 Å². The summed E-state index contributed by atoms with van der Waals surface area (Å²) in [6.45, 7) is 41.9. The molecule has 318 valence electrons. The van der Waals surface area contributed by atoms with Gasteiger partial charge in [-0.05, 0) is 122 Å². The monoisotopic (exact) mass is 890 g/mol. The van der Waals surface area contributed by atoms with Crippen molar-refractivity contribution in [3.8, 4) is 36.4 Å². The van der Waals surface area contributed by atoms with Gasteiger partial charge in [-0.1, -0.05) is 67.8 Å². The maximum Gasteiger partial charge on any atom is 0.205 e. The van der Waals surface area contributed by atoms with E-state index < -0.39 is 0 Å². The van der Waals surface area contributed by atoms with E-state index in [9.17, 15) is 31.6 Å². The molecular formula is C58H26N12. The highest BCUT2D eigenvalue weighted by molar-refractivity contribution is 6.12. The summed E-state index contributed by atoms with van der Waals surface area (Å²) >= 11 is 0. The third-order valence-corrected chi connectivity index (χ3v) is 10.9. The quantitative estimate of drug-likeness (QED) is 0.0836.